The summed E-state index contributed by atoms with van der Waals surface area (Å²) in [5.41, 5.74) is 1.91. The average molecular weight is 280 g/mol. The molecule has 0 spiro atoms. The maximum Gasteiger partial charge on any atom is 0.251 e. The summed E-state index contributed by atoms with van der Waals surface area (Å²) in [4.78, 5) is 11.8. The maximum atomic E-state index is 11.8. The Labute approximate surface area is 104 Å². The van der Waals surface area contributed by atoms with E-state index in [1.54, 1.807) is 0 Å². The van der Waals surface area contributed by atoms with Gasteiger partial charge in [-0.25, -0.2) is 0 Å². The van der Waals surface area contributed by atoms with E-state index in [2.05, 4.69) is 33.4 Å². The number of rotatable bonds is 3. The molecule has 0 saturated carbocycles. The quantitative estimate of drug-likeness (QED) is 0.669. The number of nitrogens with one attached hydrogen (secondary N) is 1. The van der Waals surface area contributed by atoms with Gasteiger partial charge in [0, 0.05) is 16.9 Å². The minimum atomic E-state index is 0.0230. The van der Waals surface area contributed by atoms with Crippen LogP contribution in [-0.2, 0) is 5.33 Å². The van der Waals surface area contributed by atoms with E-state index in [4.69, 9.17) is 0 Å². The third kappa shape index (κ3) is 2.73. The van der Waals surface area contributed by atoms with Crippen LogP contribution in [-0.4, -0.2) is 11.9 Å². The van der Waals surface area contributed by atoms with E-state index >= 15 is 0 Å². The van der Waals surface area contributed by atoms with Crippen LogP contribution >= 0.6 is 15.9 Å². The van der Waals surface area contributed by atoms with Gasteiger partial charge in [-0.3, -0.25) is 4.79 Å². The van der Waals surface area contributed by atoms with Crippen LogP contribution in [0, 0.1) is 0 Å². The molecule has 1 aliphatic carbocycles. The van der Waals surface area contributed by atoms with E-state index in [0.717, 1.165) is 23.7 Å². The number of carbonyl (C=O) groups is 1. The predicted molar refractivity (Wildman–Crippen MR) is 68.7 cm³/mol. The molecule has 16 heavy (non-hydrogen) atoms. The van der Waals surface area contributed by atoms with Crippen molar-refractivity contribution in [2.24, 2.45) is 0 Å². The number of benzene rings is 1. The zero-order chi connectivity index (χ0) is 11.4. The summed E-state index contributed by atoms with van der Waals surface area (Å²) in [6, 6.07) is 7.96. The number of carbonyl (C=O) groups excluding carboxylic acids is 1. The molecule has 84 valence electrons. The van der Waals surface area contributed by atoms with Crippen LogP contribution in [0.5, 0.6) is 0 Å². The highest BCUT2D eigenvalue weighted by Crippen LogP contribution is 2.12. The second-order valence-corrected chi connectivity index (χ2v) is 4.50. The van der Waals surface area contributed by atoms with Gasteiger partial charge in [0.05, 0.1) is 0 Å². The van der Waals surface area contributed by atoms with Crippen molar-refractivity contribution in [3.63, 3.8) is 0 Å². The van der Waals surface area contributed by atoms with Gasteiger partial charge in [0.25, 0.3) is 5.91 Å². The summed E-state index contributed by atoms with van der Waals surface area (Å²) in [6.45, 7) is 0. The van der Waals surface area contributed by atoms with Crippen molar-refractivity contribution in [2.45, 2.75) is 24.2 Å². The van der Waals surface area contributed by atoms with E-state index in [1.165, 1.54) is 5.56 Å². The average Bonchev–Trinajstić information content (AvgIpc) is 2.82. The first kappa shape index (κ1) is 11.4. The molecule has 0 radical (unpaired) electrons. The fourth-order valence-corrected chi connectivity index (χ4v) is 2.12. The normalized spacial score (nSPS) is 15.3. The summed E-state index contributed by atoms with van der Waals surface area (Å²) < 4.78 is 0. The van der Waals surface area contributed by atoms with Gasteiger partial charge in [-0.05, 0) is 30.5 Å². The van der Waals surface area contributed by atoms with Gasteiger partial charge in [-0.15, -0.1) is 0 Å². The van der Waals surface area contributed by atoms with Gasteiger partial charge in [-0.1, -0.05) is 40.2 Å². The molecule has 1 aromatic rings. The van der Waals surface area contributed by atoms with Crippen molar-refractivity contribution in [3.05, 3.63) is 47.5 Å². The van der Waals surface area contributed by atoms with Crippen molar-refractivity contribution in [1.29, 1.82) is 0 Å². The SMILES string of the molecule is O=C(NC1CC=CC1)c1ccc(CBr)cc1. The molecule has 2 nitrogen and oxygen atoms in total. The summed E-state index contributed by atoms with van der Waals surface area (Å²) in [6.07, 6.45) is 6.12. The lowest BCUT2D eigenvalue weighted by Crippen LogP contribution is -2.32. The van der Waals surface area contributed by atoms with Gasteiger partial charge in [0.2, 0.25) is 0 Å². The second kappa shape index (κ2) is 5.30. The van der Waals surface area contributed by atoms with Gasteiger partial charge in [-0.2, -0.15) is 0 Å². The number of amides is 1. The van der Waals surface area contributed by atoms with E-state index in [0.29, 0.717) is 0 Å². The Morgan fingerprint density at radius 3 is 2.44 bits per heavy atom. The highest BCUT2D eigenvalue weighted by Gasteiger charge is 2.14. The Morgan fingerprint density at radius 1 is 1.25 bits per heavy atom. The molecule has 0 heterocycles. The molecule has 1 aromatic carbocycles. The topological polar surface area (TPSA) is 29.1 Å². The Balaban J connectivity index is 1.97. The van der Waals surface area contributed by atoms with Crippen LogP contribution in [0.4, 0.5) is 0 Å². The van der Waals surface area contributed by atoms with Gasteiger partial charge in [0.15, 0.2) is 0 Å². The lowest BCUT2D eigenvalue weighted by molar-refractivity contribution is 0.0939. The molecule has 0 bridgehead atoms. The Bertz CT molecular complexity index is 389. The monoisotopic (exact) mass is 279 g/mol. The largest absolute Gasteiger partial charge is 0.349 e. The molecule has 0 unspecified atom stereocenters. The van der Waals surface area contributed by atoms with Crippen LogP contribution in [0.3, 0.4) is 0 Å². The molecule has 0 aliphatic heterocycles. The molecular weight excluding hydrogens is 266 g/mol. The van der Waals surface area contributed by atoms with Crippen molar-refractivity contribution in [1.82, 2.24) is 5.32 Å². The molecule has 0 aromatic heterocycles. The molecule has 2 rings (SSSR count). The highest BCUT2D eigenvalue weighted by atomic mass is 79.9. The van der Waals surface area contributed by atoms with Crippen LogP contribution in [0.2, 0.25) is 0 Å². The molecule has 1 amide bonds. The number of alkyl halides is 1. The van der Waals surface area contributed by atoms with Crippen LogP contribution < -0.4 is 5.32 Å². The lowest BCUT2D eigenvalue weighted by atomic mass is 10.1. The summed E-state index contributed by atoms with van der Waals surface area (Å²) >= 11 is 3.38. The first-order valence-electron chi connectivity index (χ1n) is 5.40. The Morgan fingerprint density at radius 2 is 1.88 bits per heavy atom. The molecule has 1 N–H and O–H groups in total. The minimum Gasteiger partial charge on any atom is -0.349 e. The lowest BCUT2D eigenvalue weighted by Gasteiger charge is -2.11. The standard InChI is InChI=1S/C13H14BrNO/c14-9-10-5-7-11(8-6-10)13(16)15-12-3-1-2-4-12/h1-2,5-8,12H,3-4,9H2,(H,15,16). The number of halogens is 1. The van der Waals surface area contributed by atoms with E-state index in [-0.39, 0.29) is 11.9 Å². The van der Waals surface area contributed by atoms with Gasteiger partial charge >= 0.3 is 0 Å². The molecule has 0 saturated heterocycles. The number of hydrogen-bond donors (Lipinski definition) is 1. The first-order valence-corrected chi connectivity index (χ1v) is 6.52. The summed E-state index contributed by atoms with van der Waals surface area (Å²) in [7, 11) is 0. The fraction of sp³-hybridized carbons (Fsp3) is 0.308. The van der Waals surface area contributed by atoms with E-state index < -0.39 is 0 Å². The Hall–Kier alpha value is -1.09. The zero-order valence-electron chi connectivity index (χ0n) is 8.95. The van der Waals surface area contributed by atoms with Crippen LogP contribution in [0.15, 0.2) is 36.4 Å². The van der Waals surface area contributed by atoms with Crippen LogP contribution in [0.1, 0.15) is 28.8 Å². The van der Waals surface area contributed by atoms with E-state index in [1.807, 2.05) is 24.3 Å². The third-order valence-corrected chi connectivity index (χ3v) is 3.36. The minimum absolute atomic E-state index is 0.0230. The highest BCUT2D eigenvalue weighted by molar-refractivity contribution is 9.08. The molecule has 0 fully saturated rings. The van der Waals surface area contributed by atoms with E-state index in [9.17, 15) is 4.79 Å². The van der Waals surface area contributed by atoms with Gasteiger partial charge < -0.3 is 5.32 Å². The molecule has 0 atom stereocenters. The van der Waals surface area contributed by atoms with Crippen molar-refractivity contribution in [3.8, 4) is 0 Å². The summed E-state index contributed by atoms with van der Waals surface area (Å²) in [5, 5.41) is 3.84. The van der Waals surface area contributed by atoms with Crippen molar-refractivity contribution < 1.29 is 4.79 Å². The van der Waals surface area contributed by atoms with Crippen molar-refractivity contribution >= 4 is 21.8 Å². The smallest absolute Gasteiger partial charge is 0.251 e. The van der Waals surface area contributed by atoms with Gasteiger partial charge in [0.1, 0.15) is 0 Å². The summed E-state index contributed by atoms with van der Waals surface area (Å²) in [5.74, 6) is 0.0230. The zero-order valence-corrected chi connectivity index (χ0v) is 10.5. The molecular formula is C13H14BrNO. The molecule has 1 aliphatic rings. The second-order valence-electron chi connectivity index (χ2n) is 3.94. The Kier molecular flexibility index (Phi) is 3.78. The van der Waals surface area contributed by atoms with Crippen LogP contribution in [0.25, 0.3) is 0 Å². The predicted octanol–water partition coefficient (Wildman–Crippen LogP) is 3.03. The van der Waals surface area contributed by atoms with Crippen molar-refractivity contribution in [2.75, 3.05) is 0 Å². The fourth-order valence-electron chi connectivity index (χ4n) is 1.75. The first-order chi connectivity index (χ1) is 7.79. The molecule has 3 heteroatoms. The third-order valence-electron chi connectivity index (χ3n) is 2.71. The number of hydrogen-bond acceptors (Lipinski definition) is 1. The maximum absolute atomic E-state index is 11.8.